The van der Waals surface area contributed by atoms with Crippen molar-refractivity contribution in [1.29, 1.82) is 0 Å². The van der Waals surface area contributed by atoms with E-state index >= 15 is 0 Å². The fourth-order valence-electron chi connectivity index (χ4n) is 1.99. The standard InChI is InChI=1S/C15H20F4N2O/c1-10(2)8-21(9-15(17,18)19)14(22)20-11(3)12-4-6-13(16)7-5-12/h4-7,10-11H,8-9H2,1-3H3,(H,20,22). The fourth-order valence-corrected chi connectivity index (χ4v) is 1.99. The number of hydrogen-bond acceptors (Lipinski definition) is 1. The molecule has 1 atom stereocenters. The molecule has 7 heteroatoms. The molecule has 1 aromatic carbocycles. The molecule has 124 valence electrons. The second kappa shape index (κ2) is 7.47. The minimum Gasteiger partial charge on any atom is -0.331 e. The lowest BCUT2D eigenvalue weighted by Gasteiger charge is -2.27. The number of nitrogens with one attached hydrogen (secondary N) is 1. The highest BCUT2D eigenvalue weighted by Crippen LogP contribution is 2.19. The van der Waals surface area contributed by atoms with Crippen molar-refractivity contribution in [1.82, 2.24) is 10.2 Å². The van der Waals surface area contributed by atoms with E-state index in [1.54, 1.807) is 20.8 Å². The predicted octanol–water partition coefficient (Wildman–Crippen LogP) is 4.12. The highest BCUT2D eigenvalue weighted by Gasteiger charge is 2.33. The van der Waals surface area contributed by atoms with E-state index in [1.165, 1.54) is 24.3 Å². The Hall–Kier alpha value is -1.79. The first-order chi connectivity index (χ1) is 10.1. The van der Waals surface area contributed by atoms with Gasteiger partial charge in [-0.05, 0) is 30.5 Å². The van der Waals surface area contributed by atoms with E-state index in [-0.39, 0.29) is 12.5 Å². The van der Waals surface area contributed by atoms with E-state index in [1.807, 2.05) is 0 Å². The van der Waals surface area contributed by atoms with Crippen molar-refractivity contribution < 1.29 is 22.4 Å². The minimum absolute atomic E-state index is 0.00147. The Morgan fingerprint density at radius 2 is 1.73 bits per heavy atom. The van der Waals surface area contributed by atoms with Crippen LogP contribution in [0.5, 0.6) is 0 Å². The second-order valence-electron chi connectivity index (χ2n) is 5.61. The SMILES string of the molecule is CC(C)CN(CC(F)(F)F)C(=O)NC(C)c1ccc(F)cc1. The third kappa shape index (κ3) is 6.32. The highest BCUT2D eigenvalue weighted by atomic mass is 19.4. The van der Waals surface area contributed by atoms with Crippen LogP contribution >= 0.6 is 0 Å². The largest absolute Gasteiger partial charge is 0.406 e. The van der Waals surface area contributed by atoms with E-state index in [9.17, 15) is 22.4 Å². The molecule has 1 rings (SSSR count). The molecule has 1 N–H and O–H groups in total. The zero-order chi connectivity index (χ0) is 16.9. The first kappa shape index (κ1) is 18.3. The van der Waals surface area contributed by atoms with Crippen LogP contribution in [0.3, 0.4) is 0 Å². The number of amides is 2. The van der Waals surface area contributed by atoms with Crippen molar-refractivity contribution in [3.05, 3.63) is 35.6 Å². The van der Waals surface area contributed by atoms with Gasteiger partial charge in [0.1, 0.15) is 12.4 Å². The average molecular weight is 320 g/mol. The molecule has 1 aromatic rings. The summed E-state index contributed by atoms with van der Waals surface area (Å²) in [6.45, 7) is 3.81. The molecule has 0 spiro atoms. The lowest BCUT2D eigenvalue weighted by molar-refractivity contribution is -0.140. The zero-order valence-electron chi connectivity index (χ0n) is 12.7. The van der Waals surface area contributed by atoms with Crippen LogP contribution in [0.4, 0.5) is 22.4 Å². The van der Waals surface area contributed by atoms with Gasteiger partial charge < -0.3 is 10.2 Å². The molecule has 0 bridgehead atoms. The summed E-state index contributed by atoms with van der Waals surface area (Å²) in [5.74, 6) is -0.505. The third-order valence-corrected chi connectivity index (χ3v) is 2.95. The Balaban J connectivity index is 2.74. The Morgan fingerprint density at radius 3 is 2.18 bits per heavy atom. The molecule has 0 aromatic heterocycles. The Kier molecular flexibility index (Phi) is 6.20. The van der Waals surface area contributed by atoms with Gasteiger partial charge >= 0.3 is 12.2 Å². The summed E-state index contributed by atoms with van der Waals surface area (Å²) in [5, 5.41) is 2.51. The molecular formula is C15H20F4N2O. The Morgan fingerprint density at radius 1 is 1.18 bits per heavy atom. The Labute approximate surface area is 127 Å². The van der Waals surface area contributed by atoms with Crippen LogP contribution in [0.1, 0.15) is 32.4 Å². The number of nitrogens with zero attached hydrogens (tertiary/aromatic N) is 1. The van der Waals surface area contributed by atoms with Crippen molar-refractivity contribution >= 4 is 6.03 Å². The van der Waals surface area contributed by atoms with Gasteiger partial charge in [0.15, 0.2) is 0 Å². The van der Waals surface area contributed by atoms with E-state index in [0.717, 1.165) is 4.90 Å². The van der Waals surface area contributed by atoms with Crippen molar-refractivity contribution in [2.45, 2.75) is 33.0 Å². The maximum Gasteiger partial charge on any atom is 0.406 e. The van der Waals surface area contributed by atoms with Crippen molar-refractivity contribution in [3.8, 4) is 0 Å². The zero-order valence-corrected chi connectivity index (χ0v) is 12.7. The number of rotatable bonds is 5. The van der Waals surface area contributed by atoms with Gasteiger partial charge in [0, 0.05) is 6.54 Å². The average Bonchev–Trinajstić information content (AvgIpc) is 2.36. The number of carbonyl (C=O) groups is 1. The van der Waals surface area contributed by atoms with Crippen molar-refractivity contribution in [3.63, 3.8) is 0 Å². The molecule has 1 unspecified atom stereocenters. The summed E-state index contributed by atoms with van der Waals surface area (Å²) >= 11 is 0. The summed E-state index contributed by atoms with van der Waals surface area (Å²) in [5.41, 5.74) is 0.617. The van der Waals surface area contributed by atoms with Gasteiger partial charge in [-0.3, -0.25) is 0 Å². The summed E-state index contributed by atoms with van der Waals surface area (Å²) in [7, 11) is 0. The maximum absolute atomic E-state index is 12.8. The highest BCUT2D eigenvalue weighted by molar-refractivity contribution is 5.74. The molecule has 0 radical (unpaired) electrons. The number of alkyl halides is 3. The van der Waals surface area contributed by atoms with Crippen LogP contribution in [0.15, 0.2) is 24.3 Å². The maximum atomic E-state index is 12.8. The van der Waals surface area contributed by atoms with E-state index in [0.29, 0.717) is 5.56 Å². The Bertz CT molecular complexity index is 485. The van der Waals surface area contributed by atoms with Crippen molar-refractivity contribution in [2.75, 3.05) is 13.1 Å². The lowest BCUT2D eigenvalue weighted by atomic mass is 10.1. The van der Waals surface area contributed by atoms with Crippen LogP contribution in [-0.4, -0.2) is 30.2 Å². The molecule has 0 fully saturated rings. The van der Waals surface area contributed by atoms with Gasteiger partial charge in [0.05, 0.1) is 6.04 Å². The number of urea groups is 1. The summed E-state index contributed by atoms with van der Waals surface area (Å²) in [4.78, 5) is 12.8. The molecule has 0 aliphatic heterocycles. The molecule has 2 amide bonds. The van der Waals surface area contributed by atoms with E-state index in [4.69, 9.17) is 0 Å². The first-order valence-electron chi connectivity index (χ1n) is 6.96. The van der Waals surface area contributed by atoms with Crippen LogP contribution in [-0.2, 0) is 0 Å². The van der Waals surface area contributed by atoms with Crippen LogP contribution < -0.4 is 5.32 Å². The quantitative estimate of drug-likeness (QED) is 0.813. The monoisotopic (exact) mass is 320 g/mol. The molecule has 0 saturated heterocycles. The van der Waals surface area contributed by atoms with Crippen molar-refractivity contribution in [2.24, 2.45) is 5.92 Å². The first-order valence-corrected chi connectivity index (χ1v) is 6.96. The molecule has 0 aliphatic carbocycles. The lowest BCUT2D eigenvalue weighted by Crippen LogP contribution is -2.47. The van der Waals surface area contributed by atoms with Gasteiger partial charge in [-0.1, -0.05) is 26.0 Å². The van der Waals surface area contributed by atoms with Crippen LogP contribution in [0, 0.1) is 11.7 Å². The van der Waals surface area contributed by atoms with Gasteiger partial charge in [-0.25, -0.2) is 9.18 Å². The molecule has 0 aliphatic rings. The molecular weight excluding hydrogens is 300 g/mol. The van der Waals surface area contributed by atoms with Crippen LogP contribution in [0.2, 0.25) is 0 Å². The summed E-state index contributed by atoms with van der Waals surface area (Å²) in [6, 6.07) is 4.13. The molecule has 0 saturated carbocycles. The smallest absolute Gasteiger partial charge is 0.331 e. The fraction of sp³-hybridized carbons (Fsp3) is 0.533. The van der Waals surface area contributed by atoms with Gasteiger partial charge in [-0.2, -0.15) is 13.2 Å². The van der Waals surface area contributed by atoms with E-state index < -0.39 is 30.6 Å². The topological polar surface area (TPSA) is 32.3 Å². The third-order valence-electron chi connectivity index (χ3n) is 2.95. The van der Waals surface area contributed by atoms with Crippen LogP contribution in [0.25, 0.3) is 0 Å². The van der Waals surface area contributed by atoms with E-state index in [2.05, 4.69) is 5.32 Å². The summed E-state index contributed by atoms with van der Waals surface area (Å²) in [6.07, 6.45) is -4.45. The number of benzene rings is 1. The molecule has 0 heterocycles. The second-order valence-corrected chi connectivity index (χ2v) is 5.61. The van der Waals surface area contributed by atoms with Gasteiger partial charge in [0.2, 0.25) is 0 Å². The molecule has 3 nitrogen and oxygen atoms in total. The summed E-state index contributed by atoms with van der Waals surface area (Å²) < 4.78 is 50.5. The minimum atomic E-state index is -4.45. The normalized spacial score (nSPS) is 13.1. The van der Waals surface area contributed by atoms with Gasteiger partial charge in [0.25, 0.3) is 0 Å². The number of hydrogen-bond donors (Lipinski definition) is 1. The number of halogens is 4. The molecule has 22 heavy (non-hydrogen) atoms. The predicted molar refractivity (Wildman–Crippen MR) is 75.8 cm³/mol. The number of carbonyl (C=O) groups excluding carboxylic acids is 1. The van der Waals surface area contributed by atoms with Gasteiger partial charge in [-0.15, -0.1) is 0 Å².